The Bertz CT molecular complexity index is 2640. The highest BCUT2D eigenvalue weighted by Crippen LogP contribution is 2.54. The van der Waals surface area contributed by atoms with Crippen LogP contribution in [0.3, 0.4) is 0 Å². The van der Waals surface area contributed by atoms with E-state index in [1.807, 2.05) is 49.0 Å². The quantitative estimate of drug-likeness (QED) is 0.134. The molecule has 0 saturated carbocycles. The van der Waals surface area contributed by atoms with E-state index in [1.54, 1.807) is 11.3 Å². The summed E-state index contributed by atoms with van der Waals surface area (Å²) < 4.78 is 76.3. The summed E-state index contributed by atoms with van der Waals surface area (Å²) in [5.41, 5.74) is 4.57. The lowest BCUT2D eigenvalue weighted by Gasteiger charge is -2.43. The first kappa shape index (κ1) is 34.1. The molecule has 2 aliphatic heterocycles. The number of thioether (sulfide) groups is 1. The summed E-state index contributed by atoms with van der Waals surface area (Å²) >= 11 is 3.60. The zero-order chi connectivity index (χ0) is 36.5. The van der Waals surface area contributed by atoms with E-state index in [2.05, 4.69) is 44.7 Å². The number of ether oxygens (including phenoxy) is 1. The van der Waals surface area contributed by atoms with Crippen molar-refractivity contribution in [1.29, 1.82) is 0 Å². The molecule has 0 fully saturated rings. The highest BCUT2D eigenvalue weighted by atomic mass is 32.2. The van der Waals surface area contributed by atoms with Gasteiger partial charge >= 0.3 is 5.97 Å². The van der Waals surface area contributed by atoms with Gasteiger partial charge in [-0.2, -0.15) is 8.42 Å². The number of rotatable bonds is 5. The molecular formula is C38H31F2NO6S4. The number of hydrogen-bond acceptors (Lipinski definition) is 8. The van der Waals surface area contributed by atoms with Crippen LogP contribution in [0.5, 0.6) is 11.5 Å². The van der Waals surface area contributed by atoms with Crippen LogP contribution >= 0.6 is 34.4 Å². The van der Waals surface area contributed by atoms with Crippen LogP contribution in [-0.2, 0) is 25.9 Å². The largest absolute Gasteiger partial charge is 0.481 e. The van der Waals surface area contributed by atoms with Gasteiger partial charge in [0.1, 0.15) is 28.0 Å². The Morgan fingerprint density at radius 2 is 1.59 bits per heavy atom. The number of nitrogens with zero attached hydrogens (tertiary/aromatic N) is 1. The van der Waals surface area contributed by atoms with Crippen LogP contribution in [0.15, 0.2) is 63.0 Å². The fourth-order valence-corrected chi connectivity index (χ4v) is 11.1. The first-order valence-corrected chi connectivity index (χ1v) is 20.1. The maximum atomic E-state index is 17.0. The van der Waals surface area contributed by atoms with Gasteiger partial charge in [-0.05, 0) is 84.3 Å². The summed E-state index contributed by atoms with van der Waals surface area (Å²) in [7, 11) is -3.39. The molecule has 5 aromatic rings. The standard InChI is InChI=1S/C38H31F2NO6S4/c1-17-18-13-27-21(11-19(18)34-23(7-9-48-34)37(17,2)3)31(32-33(40)29(50-16-30(42)43)14-25(39)36(32)51(44,45)46)22-12-20-26(15-28(22)47-27)41(6)38(4,5)24-8-10-49-35(20)24/h7-15H,16H2,1-6H3,(H,42,43)(H,44,45,46). The minimum atomic E-state index is -5.36. The SMILES string of the molecule is CC1=c2cc3c(cc2-c2sccc2C1(C)C)=C(c1c(F)c(SCC(=O)O)cc(F)c1S(=O)(=O)O)c1cc2c(cc1O3)N(C)C(C)(C)c1ccsc1-2. The summed E-state index contributed by atoms with van der Waals surface area (Å²) in [5.74, 6) is -3.88. The van der Waals surface area contributed by atoms with Crippen molar-refractivity contribution in [2.45, 2.75) is 55.4 Å². The molecule has 0 amide bonds. The van der Waals surface area contributed by atoms with Crippen LogP contribution in [0.2, 0.25) is 0 Å². The van der Waals surface area contributed by atoms with E-state index in [0.29, 0.717) is 34.4 Å². The van der Waals surface area contributed by atoms with Crippen molar-refractivity contribution in [2.24, 2.45) is 0 Å². The minimum Gasteiger partial charge on any atom is -0.481 e. The van der Waals surface area contributed by atoms with Crippen LogP contribution in [-0.4, -0.2) is 36.8 Å². The molecule has 3 aliphatic rings. The van der Waals surface area contributed by atoms with Gasteiger partial charge in [0.05, 0.1) is 11.3 Å². The van der Waals surface area contributed by atoms with Gasteiger partial charge in [0.15, 0.2) is 0 Å². The predicted molar refractivity (Wildman–Crippen MR) is 199 cm³/mol. The number of thiophene rings is 2. The molecule has 8 rings (SSSR count). The molecule has 13 heteroatoms. The van der Waals surface area contributed by atoms with Crippen LogP contribution in [0.4, 0.5) is 14.5 Å². The Balaban J connectivity index is 1.56. The summed E-state index contributed by atoms with van der Waals surface area (Å²) in [4.78, 5) is 13.9. The van der Waals surface area contributed by atoms with Crippen LogP contribution in [0, 0.1) is 11.6 Å². The molecule has 3 aromatic carbocycles. The number of aliphatic carboxylic acids is 1. The minimum absolute atomic E-state index is 0.00448. The summed E-state index contributed by atoms with van der Waals surface area (Å²) in [5, 5.41) is 14.6. The molecule has 0 saturated heterocycles. The maximum absolute atomic E-state index is 17.0. The van der Waals surface area contributed by atoms with Crippen LogP contribution < -0.4 is 20.1 Å². The fraction of sp³-hybridized carbons (Fsp3) is 0.237. The van der Waals surface area contributed by atoms with Gasteiger partial charge in [0.25, 0.3) is 10.1 Å². The van der Waals surface area contributed by atoms with Gasteiger partial charge in [-0.25, -0.2) is 8.78 Å². The molecule has 51 heavy (non-hydrogen) atoms. The number of carbonyl (C=O) groups is 1. The van der Waals surface area contributed by atoms with Gasteiger partial charge in [-0.3, -0.25) is 9.35 Å². The van der Waals surface area contributed by atoms with E-state index in [9.17, 15) is 22.9 Å². The summed E-state index contributed by atoms with van der Waals surface area (Å²) in [6, 6.07) is 12.1. The van der Waals surface area contributed by atoms with E-state index in [1.165, 1.54) is 11.3 Å². The average molecular weight is 764 g/mol. The third-order valence-corrected chi connectivity index (χ3v) is 14.5. The number of benzene rings is 3. The fourth-order valence-electron chi connectivity index (χ4n) is 7.54. The van der Waals surface area contributed by atoms with E-state index < -0.39 is 54.4 Å². The van der Waals surface area contributed by atoms with Crippen LogP contribution in [0.1, 0.15) is 56.9 Å². The molecule has 2 aromatic heterocycles. The molecule has 0 unspecified atom stereocenters. The number of carboxylic acids is 1. The predicted octanol–water partition coefficient (Wildman–Crippen LogP) is 8.34. The first-order valence-electron chi connectivity index (χ1n) is 15.9. The molecule has 0 radical (unpaired) electrons. The monoisotopic (exact) mass is 763 g/mol. The normalized spacial score (nSPS) is 16.4. The molecule has 1 aliphatic carbocycles. The number of anilines is 1. The first-order chi connectivity index (χ1) is 23.9. The van der Waals surface area contributed by atoms with E-state index in [-0.39, 0.29) is 16.7 Å². The molecule has 4 heterocycles. The van der Waals surface area contributed by atoms with Crippen molar-refractivity contribution >= 4 is 67.4 Å². The Hall–Kier alpha value is -4.01. The second-order valence-corrected chi connectivity index (χ2v) is 18.2. The number of hydrogen-bond donors (Lipinski definition) is 2. The zero-order valence-electron chi connectivity index (χ0n) is 28.3. The number of halogens is 2. The molecule has 2 N–H and O–H groups in total. The van der Waals surface area contributed by atoms with Crippen molar-refractivity contribution in [3.8, 4) is 32.4 Å². The van der Waals surface area contributed by atoms with Crippen molar-refractivity contribution in [1.82, 2.24) is 0 Å². The number of fused-ring (bicyclic) bond motifs is 8. The van der Waals surface area contributed by atoms with E-state index >= 15 is 8.78 Å². The van der Waals surface area contributed by atoms with E-state index in [0.717, 1.165) is 48.5 Å². The second-order valence-electron chi connectivity index (χ2n) is 14.0. The average Bonchev–Trinajstić information content (AvgIpc) is 3.76. The molecule has 0 spiro atoms. The lowest BCUT2D eigenvalue weighted by molar-refractivity contribution is -0.133. The lowest BCUT2D eigenvalue weighted by Crippen LogP contribution is -2.41. The highest BCUT2D eigenvalue weighted by molar-refractivity contribution is 8.00. The van der Waals surface area contributed by atoms with Gasteiger partial charge < -0.3 is 14.7 Å². The molecule has 262 valence electrons. The smallest absolute Gasteiger partial charge is 0.313 e. The maximum Gasteiger partial charge on any atom is 0.313 e. The van der Waals surface area contributed by atoms with Gasteiger partial charge in [0, 0.05) is 71.9 Å². The summed E-state index contributed by atoms with van der Waals surface area (Å²) in [6.45, 7) is 10.6. The van der Waals surface area contributed by atoms with Gasteiger partial charge in [-0.15, -0.1) is 34.4 Å². The Labute approximate surface area is 305 Å². The highest BCUT2D eigenvalue weighted by Gasteiger charge is 2.40. The Morgan fingerprint density at radius 1 is 0.922 bits per heavy atom. The third-order valence-electron chi connectivity index (χ3n) is 10.7. The number of carboxylic acid groups (broad SMARTS) is 1. The topological polar surface area (TPSA) is 104 Å². The molecule has 0 atom stereocenters. The zero-order valence-corrected chi connectivity index (χ0v) is 31.5. The second kappa shape index (κ2) is 11.2. The van der Waals surface area contributed by atoms with Crippen LogP contribution in [0.25, 0.3) is 32.0 Å². The van der Waals surface area contributed by atoms with Crippen molar-refractivity contribution in [2.75, 3.05) is 17.7 Å². The van der Waals surface area contributed by atoms with Gasteiger partial charge in [0.2, 0.25) is 0 Å². The molecule has 0 bridgehead atoms. The molecule has 7 nitrogen and oxygen atoms in total. The van der Waals surface area contributed by atoms with Crippen molar-refractivity contribution < 1.29 is 36.4 Å². The lowest BCUT2D eigenvalue weighted by atomic mass is 9.73. The third kappa shape index (κ3) is 4.88. The molecular weight excluding hydrogens is 733 g/mol. The van der Waals surface area contributed by atoms with Crippen molar-refractivity contribution in [3.63, 3.8) is 0 Å². The van der Waals surface area contributed by atoms with Crippen molar-refractivity contribution in [3.05, 3.63) is 97.6 Å². The van der Waals surface area contributed by atoms with E-state index in [4.69, 9.17) is 4.74 Å². The Kier molecular flexibility index (Phi) is 7.52. The van der Waals surface area contributed by atoms with Gasteiger partial charge in [-0.1, -0.05) is 19.4 Å². The Morgan fingerprint density at radius 3 is 2.25 bits per heavy atom. The summed E-state index contributed by atoms with van der Waals surface area (Å²) in [6.07, 6.45) is 0.